The van der Waals surface area contributed by atoms with Crippen LogP contribution in [0.15, 0.2) is 126 Å². The molecule has 3 aromatic heterocycles. The molecule has 0 amide bonds. The van der Waals surface area contributed by atoms with Crippen molar-refractivity contribution in [3.8, 4) is 16.8 Å². The van der Waals surface area contributed by atoms with Gasteiger partial charge in [0.2, 0.25) is 0 Å². The van der Waals surface area contributed by atoms with Crippen LogP contribution in [0.4, 0.5) is 0 Å². The minimum absolute atomic E-state index is 0.0357. The van der Waals surface area contributed by atoms with E-state index in [1.165, 1.54) is 21.8 Å². The Balaban J connectivity index is 1.53. The minimum Gasteiger partial charge on any atom is -0.309 e. The summed E-state index contributed by atoms with van der Waals surface area (Å²) in [6.45, 7) is 0. The van der Waals surface area contributed by atoms with Crippen molar-refractivity contribution in [3.05, 3.63) is 132 Å². The molecule has 8 rings (SSSR count). The Morgan fingerprint density at radius 3 is 2.03 bits per heavy atom. The fourth-order valence-corrected chi connectivity index (χ4v) is 6.96. The van der Waals surface area contributed by atoms with Crippen LogP contribution in [-0.2, 0) is 0 Å². The van der Waals surface area contributed by atoms with Crippen molar-refractivity contribution in [2.24, 2.45) is 0 Å². The van der Waals surface area contributed by atoms with E-state index in [9.17, 15) is 4.79 Å². The first-order valence-corrected chi connectivity index (χ1v) is 13.2. The van der Waals surface area contributed by atoms with Gasteiger partial charge in [0.15, 0.2) is 0 Å². The van der Waals surface area contributed by atoms with Crippen molar-refractivity contribution in [3.63, 3.8) is 0 Å². The molecule has 0 N–H and O–H groups in total. The van der Waals surface area contributed by atoms with Crippen molar-refractivity contribution in [2.45, 2.75) is 0 Å². The molecule has 3 heterocycles. The smallest absolute Gasteiger partial charge is 0.264 e. The second-order valence-corrected chi connectivity index (χ2v) is 10.4. The average molecular weight is 493 g/mol. The van der Waals surface area contributed by atoms with Crippen LogP contribution in [0.1, 0.15) is 0 Å². The third kappa shape index (κ3) is 2.85. The molecule has 0 spiro atoms. The van der Waals surface area contributed by atoms with E-state index >= 15 is 0 Å². The maximum atomic E-state index is 13.7. The lowest BCUT2D eigenvalue weighted by atomic mass is 9.99. The molecule has 5 aromatic carbocycles. The lowest BCUT2D eigenvalue weighted by molar-refractivity contribution is 1.18. The Hall–Kier alpha value is -4.67. The van der Waals surface area contributed by atoms with Crippen molar-refractivity contribution in [1.29, 1.82) is 0 Å². The number of thiazole rings is 1. The van der Waals surface area contributed by atoms with Gasteiger partial charge in [0.05, 0.1) is 21.3 Å². The summed E-state index contributed by atoms with van der Waals surface area (Å²) in [6.07, 6.45) is 0. The number of rotatable bonds is 2. The van der Waals surface area contributed by atoms with E-state index in [1.54, 1.807) is 11.3 Å². The van der Waals surface area contributed by atoms with Gasteiger partial charge in [0, 0.05) is 27.4 Å². The lowest BCUT2D eigenvalue weighted by Gasteiger charge is -2.11. The van der Waals surface area contributed by atoms with Crippen LogP contribution in [0, 0.1) is 0 Å². The lowest BCUT2D eigenvalue weighted by Crippen LogP contribution is -2.13. The number of para-hydroxylation sites is 3. The van der Waals surface area contributed by atoms with Crippen LogP contribution in [-0.4, -0.2) is 8.97 Å². The molecule has 0 bridgehead atoms. The molecule has 4 heteroatoms. The second-order valence-electron chi connectivity index (χ2n) is 9.36. The minimum atomic E-state index is 0.0357. The summed E-state index contributed by atoms with van der Waals surface area (Å²) in [5.74, 6) is 0. The second kappa shape index (κ2) is 7.66. The predicted octanol–water partition coefficient (Wildman–Crippen LogP) is 8.43. The van der Waals surface area contributed by atoms with Crippen LogP contribution in [0.25, 0.3) is 64.4 Å². The highest BCUT2D eigenvalue weighted by Gasteiger charge is 2.19. The van der Waals surface area contributed by atoms with Gasteiger partial charge < -0.3 is 4.57 Å². The summed E-state index contributed by atoms with van der Waals surface area (Å²) in [5, 5.41) is 4.15. The fraction of sp³-hybridized carbons (Fsp3) is 0. The van der Waals surface area contributed by atoms with Gasteiger partial charge in [-0.25, -0.2) is 0 Å². The summed E-state index contributed by atoms with van der Waals surface area (Å²) in [7, 11) is 0. The maximum Gasteiger partial charge on any atom is 0.264 e. The van der Waals surface area contributed by atoms with Crippen LogP contribution in [0.2, 0.25) is 0 Å². The Morgan fingerprint density at radius 1 is 0.541 bits per heavy atom. The van der Waals surface area contributed by atoms with E-state index in [2.05, 4.69) is 83.4 Å². The molecule has 0 aliphatic heterocycles. The monoisotopic (exact) mass is 492 g/mol. The highest BCUT2D eigenvalue weighted by Crippen LogP contribution is 2.40. The van der Waals surface area contributed by atoms with Gasteiger partial charge in [-0.1, -0.05) is 72.8 Å². The molecule has 0 fully saturated rings. The Morgan fingerprint density at radius 2 is 1.19 bits per heavy atom. The van der Waals surface area contributed by atoms with Gasteiger partial charge >= 0.3 is 0 Å². The van der Waals surface area contributed by atoms with Crippen molar-refractivity contribution in [1.82, 2.24) is 8.97 Å². The molecule has 0 aliphatic carbocycles. The van der Waals surface area contributed by atoms with Gasteiger partial charge in [-0.05, 0) is 59.5 Å². The first-order valence-electron chi connectivity index (χ1n) is 12.3. The van der Waals surface area contributed by atoms with E-state index in [-0.39, 0.29) is 5.56 Å². The summed E-state index contributed by atoms with van der Waals surface area (Å²) < 4.78 is 5.34. The largest absolute Gasteiger partial charge is 0.309 e. The normalized spacial score (nSPS) is 11.9. The van der Waals surface area contributed by atoms with Crippen LogP contribution in [0.3, 0.4) is 0 Å². The molecule has 0 saturated carbocycles. The standard InChI is InChI=1S/C33H20N2OS/c36-32-25-14-5-4-13-24(25)31(33-35(32)29-16-8-9-17-30(29)37-33)21-18-19-28-26(20-21)23-12-6-7-15-27(23)34(28)22-10-2-1-3-11-22/h1-20H. The molecule has 37 heavy (non-hydrogen) atoms. The first-order chi connectivity index (χ1) is 18.3. The van der Waals surface area contributed by atoms with Gasteiger partial charge in [0.25, 0.3) is 5.56 Å². The summed E-state index contributed by atoms with van der Waals surface area (Å²) in [6, 6.07) is 42.0. The van der Waals surface area contributed by atoms with E-state index < -0.39 is 0 Å². The number of benzene rings is 5. The quantitative estimate of drug-likeness (QED) is 0.238. The molecule has 174 valence electrons. The Bertz CT molecular complexity index is 2220. The molecule has 0 atom stereocenters. The number of fused-ring (bicyclic) bond motifs is 7. The molecule has 8 aromatic rings. The third-order valence-electron chi connectivity index (χ3n) is 7.34. The summed E-state index contributed by atoms with van der Waals surface area (Å²) in [5.41, 5.74) is 6.71. The van der Waals surface area contributed by atoms with Crippen LogP contribution >= 0.6 is 11.3 Å². The third-order valence-corrected chi connectivity index (χ3v) is 8.48. The Labute approximate surface area is 216 Å². The van der Waals surface area contributed by atoms with Crippen molar-refractivity contribution < 1.29 is 0 Å². The zero-order chi connectivity index (χ0) is 24.5. The number of aromatic nitrogens is 2. The molecule has 3 nitrogen and oxygen atoms in total. The molecule has 0 unspecified atom stereocenters. The highest BCUT2D eigenvalue weighted by atomic mass is 32.1. The van der Waals surface area contributed by atoms with Gasteiger partial charge in [-0.15, -0.1) is 11.3 Å². The summed E-state index contributed by atoms with van der Waals surface area (Å²) in [4.78, 5) is 14.6. The molecule has 0 saturated heterocycles. The van der Waals surface area contributed by atoms with Crippen molar-refractivity contribution in [2.75, 3.05) is 0 Å². The Kier molecular flexibility index (Phi) is 4.25. The van der Waals surface area contributed by atoms with Gasteiger partial charge in [0.1, 0.15) is 4.83 Å². The molecular weight excluding hydrogens is 472 g/mol. The molecular formula is C33H20N2OS. The predicted molar refractivity (Wildman–Crippen MR) is 156 cm³/mol. The van der Waals surface area contributed by atoms with E-state index in [4.69, 9.17) is 0 Å². The highest BCUT2D eigenvalue weighted by molar-refractivity contribution is 7.24. The zero-order valence-corrected chi connectivity index (χ0v) is 20.6. The average Bonchev–Trinajstić information content (AvgIpc) is 3.50. The van der Waals surface area contributed by atoms with E-state index in [0.717, 1.165) is 42.6 Å². The number of hydrogen-bond acceptors (Lipinski definition) is 2. The SMILES string of the molecule is O=c1c2ccccc2c(-c2ccc3c(c2)c2ccccc2n3-c2ccccc2)c2sc3ccccc3n12. The van der Waals surface area contributed by atoms with Crippen molar-refractivity contribution >= 4 is 59.0 Å². The topological polar surface area (TPSA) is 26.4 Å². The van der Waals surface area contributed by atoms with Crippen LogP contribution < -0.4 is 5.56 Å². The molecule has 0 radical (unpaired) electrons. The number of pyridine rings is 1. The van der Waals surface area contributed by atoms with E-state index in [1.807, 2.05) is 46.9 Å². The molecule has 0 aliphatic rings. The number of hydrogen-bond donors (Lipinski definition) is 0. The number of nitrogens with zero attached hydrogens (tertiary/aromatic N) is 2. The van der Waals surface area contributed by atoms with Gasteiger partial charge in [-0.3, -0.25) is 9.20 Å². The zero-order valence-electron chi connectivity index (χ0n) is 19.8. The summed E-state index contributed by atoms with van der Waals surface area (Å²) >= 11 is 1.68. The van der Waals surface area contributed by atoms with Crippen LogP contribution in [0.5, 0.6) is 0 Å². The fourth-order valence-electron chi connectivity index (χ4n) is 5.74. The van der Waals surface area contributed by atoms with E-state index in [0.29, 0.717) is 0 Å². The van der Waals surface area contributed by atoms with Gasteiger partial charge in [-0.2, -0.15) is 0 Å². The first kappa shape index (κ1) is 20.5. The maximum absolute atomic E-state index is 13.7.